The Labute approximate surface area is 129 Å². The lowest BCUT2D eigenvalue weighted by Crippen LogP contribution is -2.12. The summed E-state index contributed by atoms with van der Waals surface area (Å²) in [6, 6.07) is 9.30. The van der Waals surface area contributed by atoms with Crippen LogP contribution in [0.15, 0.2) is 48.8 Å². The van der Waals surface area contributed by atoms with Crippen molar-refractivity contribution >= 4 is 22.6 Å². The van der Waals surface area contributed by atoms with Gasteiger partial charge >= 0.3 is 6.18 Å². The zero-order chi connectivity index (χ0) is 16.6. The molecule has 0 saturated carbocycles. The van der Waals surface area contributed by atoms with Crippen LogP contribution in [0.3, 0.4) is 0 Å². The molecular formula is C16H12F3N3O. The van der Waals surface area contributed by atoms with Gasteiger partial charge < -0.3 is 9.88 Å². The summed E-state index contributed by atoms with van der Waals surface area (Å²) in [6.07, 6.45) is -2.76. The number of imidazole rings is 1. The Morgan fingerprint density at radius 2 is 1.83 bits per heavy atom. The molecule has 0 spiro atoms. The van der Waals surface area contributed by atoms with Gasteiger partial charge in [-0.3, -0.25) is 4.79 Å². The van der Waals surface area contributed by atoms with E-state index in [1.54, 1.807) is 18.5 Å². The molecule has 0 unspecified atom stereocenters. The Kier molecular flexibility index (Phi) is 3.55. The van der Waals surface area contributed by atoms with E-state index in [-0.39, 0.29) is 5.56 Å². The van der Waals surface area contributed by atoms with Gasteiger partial charge in [0, 0.05) is 18.3 Å². The first-order valence-corrected chi connectivity index (χ1v) is 6.74. The van der Waals surface area contributed by atoms with Crippen LogP contribution < -0.4 is 5.32 Å². The second-order valence-corrected chi connectivity index (χ2v) is 5.09. The SMILES string of the molecule is Cn1cnc2cc(NC(=O)c3ccc(C(F)(F)F)cc3)ccc21. The molecule has 0 saturated heterocycles. The summed E-state index contributed by atoms with van der Waals surface area (Å²) in [5, 5.41) is 2.65. The van der Waals surface area contributed by atoms with Crippen molar-refractivity contribution in [2.45, 2.75) is 6.18 Å². The number of alkyl halides is 3. The second kappa shape index (κ2) is 5.42. The van der Waals surface area contributed by atoms with Gasteiger partial charge in [-0.1, -0.05) is 0 Å². The molecule has 1 N–H and O–H groups in total. The maximum Gasteiger partial charge on any atom is 0.416 e. The van der Waals surface area contributed by atoms with Crippen molar-refractivity contribution < 1.29 is 18.0 Å². The fourth-order valence-corrected chi connectivity index (χ4v) is 2.23. The van der Waals surface area contributed by atoms with Gasteiger partial charge in [0.05, 0.1) is 22.9 Å². The first kappa shape index (κ1) is 15.1. The molecule has 7 heteroatoms. The highest BCUT2D eigenvalue weighted by molar-refractivity contribution is 6.05. The van der Waals surface area contributed by atoms with E-state index in [1.165, 1.54) is 0 Å². The molecule has 0 radical (unpaired) electrons. The Bertz CT molecular complexity index is 866. The zero-order valence-electron chi connectivity index (χ0n) is 12.1. The molecule has 0 aliphatic heterocycles. The van der Waals surface area contributed by atoms with Crippen molar-refractivity contribution in [1.29, 1.82) is 0 Å². The quantitative estimate of drug-likeness (QED) is 0.780. The smallest absolute Gasteiger partial charge is 0.334 e. The number of hydrogen-bond acceptors (Lipinski definition) is 2. The van der Waals surface area contributed by atoms with Crippen LogP contribution >= 0.6 is 0 Å². The molecule has 3 aromatic rings. The predicted octanol–water partition coefficient (Wildman–Crippen LogP) is 3.84. The van der Waals surface area contributed by atoms with Gasteiger partial charge in [-0.05, 0) is 42.5 Å². The molecule has 1 heterocycles. The molecule has 0 aliphatic carbocycles. The highest BCUT2D eigenvalue weighted by Gasteiger charge is 2.30. The summed E-state index contributed by atoms with van der Waals surface area (Å²) in [7, 11) is 1.86. The van der Waals surface area contributed by atoms with Gasteiger partial charge in [-0.25, -0.2) is 4.98 Å². The van der Waals surface area contributed by atoms with Crippen LogP contribution in [0.25, 0.3) is 11.0 Å². The number of aryl methyl sites for hydroxylation is 1. The molecule has 23 heavy (non-hydrogen) atoms. The molecule has 0 aliphatic rings. The lowest BCUT2D eigenvalue weighted by Gasteiger charge is -2.08. The molecule has 118 valence electrons. The highest BCUT2D eigenvalue weighted by atomic mass is 19.4. The normalized spacial score (nSPS) is 11.7. The average Bonchev–Trinajstić information content (AvgIpc) is 2.87. The fraction of sp³-hybridized carbons (Fsp3) is 0.125. The Hall–Kier alpha value is -2.83. The Morgan fingerprint density at radius 3 is 2.48 bits per heavy atom. The van der Waals surface area contributed by atoms with E-state index >= 15 is 0 Å². The predicted molar refractivity (Wildman–Crippen MR) is 80.1 cm³/mol. The lowest BCUT2D eigenvalue weighted by molar-refractivity contribution is -0.137. The minimum absolute atomic E-state index is 0.152. The molecule has 1 aromatic heterocycles. The lowest BCUT2D eigenvalue weighted by atomic mass is 10.1. The van der Waals surface area contributed by atoms with Crippen LogP contribution in [0.2, 0.25) is 0 Å². The number of anilines is 1. The van der Waals surface area contributed by atoms with E-state index in [0.717, 1.165) is 35.3 Å². The van der Waals surface area contributed by atoms with Gasteiger partial charge in [-0.2, -0.15) is 13.2 Å². The van der Waals surface area contributed by atoms with Crippen molar-refractivity contribution in [2.75, 3.05) is 5.32 Å². The van der Waals surface area contributed by atoms with Crippen molar-refractivity contribution in [2.24, 2.45) is 7.05 Å². The number of nitrogens with one attached hydrogen (secondary N) is 1. The van der Waals surface area contributed by atoms with E-state index in [0.29, 0.717) is 5.69 Å². The summed E-state index contributed by atoms with van der Waals surface area (Å²) >= 11 is 0. The summed E-state index contributed by atoms with van der Waals surface area (Å²) in [4.78, 5) is 16.3. The minimum atomic E-state index is -4.42. The molecule has 0 fully saturated rings. The number of nitrogens with zero attached hydrogens (tertiary/aromatic N) is 2. The van der Waals surface area contributed by atoms with E-state index in [4.69, 9.17) is 0 Å². The number of fused-ring (bicyclic) bond motifs is 1. The number of aromatic nitrogens is 2. The maximum atomic E-state index is 12.5. The van der Waals surface area contributed by atoms with E-state index in [1.807, 2.05) is 17.7 Å². The number of halogens is 3. The molecule has 4 nitrogen and oxygen atoms in total. The van der Waals surface area contributed by atoms with Gasteiger partial charge in [0.15, 0.2) is 0 Å². The van der Waals surface area contributed by atoms with Crippen molar-refractivity contribution in [3.63, 3.8) is 0 Å². The van der Waals surface area contributed by atoms with E-state index < -0.39 is 17.6 Å². The zero-order valence-corrected chi connectivity index (χ0v) is 12.1. The summed E-state index contributed by atoms with van der Waals surface area (Å²) in [5.41, 5.74) is 1.53. The van der Waals surface area contributed by atoms with Crippen LogP contribution in [-0.4, -0.2) is 15.5 Å². The van der Waals surface area contributed by atoms with Gasteiger partial charge in [0.1, 0.15) is 0 Å². The molecule has 1 amide bonds. The van der Waals surface area contributed by atoms with Crippen LogP contribution in [0.4, 0.5) is 18.9 Å². The first-order valence-electron chi connectivity index (χ1n) is 6.74. The monoisotopic (exact) mass is 319 g/mol. The molecule has 2 aromatic carbocycles. The number of amides is 1. The third-order valence-electron chi connectivity index (χ3n) is 3.46. The van der Waals surface area contributed by atoms with Crippen molar-refractivity contribution in [1.82, 2.24) is 9.55 Å². The topological polar surface area (TPSA) is 46.9 Å². The Morgan fingerprint density at radius 1 is 1.13 bits per heavy atom. The molecule has 0 bridgehead atoms. The average molecular weight is 319 g/mol. The largest absolute Gasteiger partial charge is 0.416 e. The number of benzene rings is 2. The number of carbonyl (C=O) groups excluding carboxylic acids is 1. The summed E-state index contributed by atoms with van der Waals surface area (Å²) in [5.74, 6) is -0.478. The standard InChI is InChI=1S/C16H12F3N3O/c1-22-9-20-13-8-12(6-7-14(13)22)21-15(23)10-2-4-11(5-3-10)16(17,18)19/h2-9H,1H3,(H,21,23). The van der Waals surface area contributed by atoms with Gasteiger partial charge in [0.2, 0.25) is 0 Å². The number of hydrogen-bond donors (Lipinski definition) is 1. The third-order valence-corrected chi connectivity index (χ3v) is 3.46. The summed E-state index contributed by atoms with van der Waals surface area (Å²) in [6.45, 7) is 0. The van der Waals surface area contributed by atoms with Gasteiger partial charge in [0.25, 0.3) is 5.91 Å². The van der Waals surface area contributed by atoms with Crippen molar-refractivity contribution in [3.8, 4) is 0 Å². The van der Waals surface area contributed by atoms with Crippen LogP contribution in [0.5, 0.6) is 0 Å². The van der Waals surface area contributed by atoms with E-state index in [9.17, 15) is 18.0 Å². The Balaban J connectivity index is 1.80. The minimum Gasteiger partial charge on any atom is -0.334 e. The highest BCUT2D eigenvalue weighted by Crippen LogP contribution is 2.29. The van der Waals surface area contributed by atoms with Crippen molar-refractivity contribution in [3.05, 3.63) is 59.9 Å². The van der Waals surface area contributed by atoms with Crippen LogP contribution in [0.1, 0.15) is 15.9 Å². The molecule has 3 rings (SSSR count). The van der Waals surface area contributed by atoms with E-state index in [2.05, 4.69) is 10.3 Å². The summed E-state index contributed by atoms with van der Waals surface area (Å²) < 4.78 is 39.4. The third kappa shape index (κ3) is 3.03. The number of rotatable bonds is 2. The molecular weight excluding hydrogens is 307 g/mol. The van der Waals surface area contributed by atoms with Crippen LogP contribution in [0, 0.1) is 0 Å². The first-order chi connectivity index (χ1) is 10.8. The fourth-order valence-electron chi connectivity index (χ4n) is 2.23. The van der Waals surface area contributed by atoms with Crippen LogP contribution in [-0.2, 0) is 13.2 Å². The maximum absolute atomic E-state index is 12.5. The number of carbonyl (C=O) groups is 1. The molecule has 0 atom stereocenters. The second-order valence-electron chi connectivity index (χ2n) is 5.09. The van der Waals surface area contributed by atoms with Gasteiger partial charge in [-0.15, -0.1) is 0 Å².